The first-order valence-electron chi connectivity index (χ1n) is 6.47. The molecule has 18 heavy (non-hydrogen) atoms. The van der Waals surface area contributed by atoms with Crippen molar-refractivity contribution in [3.8, 4) is 0 Å². The van der Waals surface area contributed by atoms with Gasteiger partial charge in [-0.2, -0.15) is 0 Å². The smallest absolute Gasteiger partial charge is 0.328 e. The Bertz CT molecular complexity index is 569. The van der Waals surface area contributed by atoms with Crippen LogP contribution in [0.15, 0.2) is 29.1 Å². The van der Waals surface area contributed by atoms with Crippen molar-refractivity contribution in [1.29, 1.82) is 0 Å². The van der Waals surface area contributed by atoms with E-state index in [1.807, 2.05) is 24.3 Å². The second-order valence-electron chi connectivity index (χ2n) is 4.45. The van der Waals surface area contributed by atoms with Gasteiger partial charge in [0.25, 0.3) is 0 Å². The van der Waals surface area contributed by atoms with Crippen LogP contribution in [0.5, 0.6) is 0 Å². The van der Waals surface area contributed by atoms with Crippen LogP contribution in [0.25, 0.3) is 11.0 Å². The van der Waals surface area contributed by atoms with Crippen LogP contribution in [0, 0.1) is 0 Å². The Balaban J connectivity index is 2.13. The van der Waals surface area contributed by atoms with Crippen LogP contribution in [0.1, 0.15) is 19.8 Å². The van der Waals surface area contributed by atoms with E-state index >= 15 is 0 Å². The van der Waals surface area contributed by atoms with E-state index in [2.05, 4.69) is 6.92 Å². The number of benzene rings is 1. The van der Waals surface area contributed by atoms with Crippen molar-refractivity contribution >= 4 is 11.0 Å². The van der Waals surface area contributed by atoms with Gasteiger partial charge in [0.2, 0.25) is 0 Å². The number of nitrogens with zero attached hydrogens (tertiary/aromatic N) is 2. The molecule has 1 aromatic heterocycles. The summed E-state index contributed by atoms with van der Waals surface area (Å²) in [5, 5.41) is 0. The second-order valence-corrected chi connectivity index (χ2v) is 4.45. The van der Waals surface area contributed by atoms with Crippen LogP contribution < -0.4 is 5.69 Å². The summed E-state index contributed by atoms with van der Waals surface area (Å²) < 4.78 is 8.98. The Morgan fingerprint density at radius 1 is 1.17 bits per heavy atom. The Morgan fingerprint density at radius 3 is 2.61 bits per heavy atom. The van der Waals surface area contributed by atoms with E-state index in [0.29, 0.717) is 13.2 Å². The summed E-state index contributed by atoms with van der Waals surface area (Å²) in [6.07, 6.45) is 2.21. The molecule has 0 amide bonds. The normalized spacial score (nSPS) is 11.2. The highest BCUT2D eigenvalue weighted by Gasteiger charge is 2.08. The molecule has 0 aliphatic carbocycles. The number of hydrogen-bond donors (Lipinski definition) is 0. The molecule has 0 N–H and O–H groups in total. The molecule has 0 atom stereocenters. The fourth-order valence-corrected chi connectivity index (χ4v) is 2.08. The van der Waals surface area contributed by atoms with Crippen molar-refractivity contribution in [3.63, 3.8) is 0 Å². The van der Waals surface area contributed by atoms with Crippen molar-refractivity contribution in [2.75, 3.05) is 13.2 Å². The van der Waals surface area contributed by atoms with Gasteiger partial charge in [0.15, 0.2) is 0 Å². The fourth-order valence-electron chi connectivity index (χ4n) is 2.08. The maximum Gasteiger partial charge on any atom is 0.328 e. The van der Waals surface area contributed by atoms with Gasteiger partial charge in [-0.3, -0.25) is 9.13 Å². The van der Waals surface area contributed by atoms with Crippen molar-refractivity contribution in [3.05, 3.63) is 34.7 Å². The van der Waals surface area contributed by atoms with Crippen molar-refractivity contribution < 1.29 is 4.74 Å². The Kier molecular flexibility index (Phi) is 4.20. The summed E-state index contributed by atoms with van der Waals surface area (Å²) in [5.74, 6) is 0. The van der Waals surface area contributed by atoms with Crippen LogP contribution in [-0.4, -0.2) is 22.3 Å². The highest BCUT2D eigenvalue weighted by molar-refractivity contribution is 5.75. The van der Waals surface area contributed by atoms with Gasteiger partial charge in [-0.1, -0.05) is 25.5 Å². The minimum atomic E-state index is 0.0234. The van der Waals surface area contributed by atoms with Gasteiger partial charge in [-0.05, 0) is 18.6 Å². The summed E-state index contributed by atoms with van der Waals surface area (Å²) in [6, 6.07) is 7.84. The third kappa shape index (κ3) is 2.48. The molecule has 0 bridgehead atoms. The summed E-state index contributed by atoms with van der Waals surface area (Å²) in [6.45, 7) is 4.12. The van der Waals surface area contributed by atoms with Crippen LogP contribution in [0.3, 0.4) is 0 Å². The molecule has 0 fully saturated rings. The monoisotopic (exact) mass is 248 g/mol. The van der Waals surface area contributed by atoms with Gasteiger partial charge in [0, 0.05) is 13.7 Å². The molecule has 0 saturated carbocycles. The van der Waals surface area contributed by atoms with Gasteiger partial charge in [0.05, 0.1) is 24.2 Å². The number of imidazole rings is 1. The number of rotatable bonds is 6. The lowest BCUT2D eigenvalue weighted by atomic mass is 10.3. The molecule has 0 spiro atoms. The van der Waals surface area contributed by atoms with Crippen LogP contribution in [0.4, 0.5) is 0 Å². The number of fused-ring (bicyclic) bond motifs is 1. The van der Waals surface area contributed by atoms with Crippen LogP contribution >= 0.6 is 0 Å². The van der Waals surface area contributed by atoms with Gasteiger partial charge in [0.1, 0.15) is 0 Å². The number of aryl methyl sites for hydroxylation is 1. The van der Waals surface area contributed by atoms with Gasteiger partial charge < -0.3 is 4.74 Å². The molecule has 2 rings (SSSR count). The van der Waals surface area contributed by atoms with Crippen molar-refractivity contribution in [1.82, 2.24) is 9.13 Å². The topological polar surface area (TPSA) is 36.2 Å². The van der Waals surface area contributed by atoms with Crippen molar-refractivity contribution in [2.45, 2.75) is 26.3 Å². The van der Waals surface area contributed by atoms with E-state index in [-0.39, 0.29) is 5.69 Å². The van der Waals surface area contributed by atoms with E-state index in [9.17, 15) is 4.79 Å². The minimum absolute atomic E-state index is 0.0234. The molecule has 0 unspecified atom stereocenters. The Labute approximate surface area is 107 Å². The molecule has 1 aromatic carbocycles. The first-order valence-corrected chi connectivity index (χ1v) is 6.47. The van der Waals surface area contributed by atoms with E-state index < -0.39 is 0 Å². The lowest BCUT2D eigenvalue weighted by molar-refractivity contribution is 0.123. The maximum absolute atomic E-state index is 12.1. The number of hydrogen-bond acceptors (Lipinski definition) is 2. The van der Waals surface area contributed by atoms with E-state index in [4.69, 9.17) is 4.74 Å². The lowest BCUT2D eigenvalue weighted by Gasteiger charge is -2.04. The highest BCUT2D eigenvalue weighted by Crippen LogP contribution is 2.11. The van der Waals surface area contributed by atoms with Crippen molar-refractivity contribution in [2.24, 2.45) is 7.05 Å². The predicted octanol–water partition coefficient (Wildman–Crippen LogP) is 2.16. The molecular formula is C14H20N2O2. The standard InChI is InChI=1S/C14H20N2O2/c1-3-4-10-18-11-9-16-13-8-6-5-7-12(13)15(2)14(16)17/h5-8H,3-4,9-11H2,1-2H3. The third-order valence-corrected chi connectivity index (χ3v) is 3.15. The van der Waals surface area contributed by atoms with Crippen LogP contribution in [-0.2, 0) is 18.3 Å². The SMILES string of the molecule is CCCCOCCn1c(=O)n(C)c2ccccc21. The first-order chi connectivity index (χ1) is 8.75. The van der Waals surface area contributed by atoms with Gasteiger partial charge in [-0.25, -0.2) is 4.79 Å². The molecule has 0 aliphatic heterocycles. The minimum Gasteiger partial charge on any atom is -0.380 e. The summed E-state index contributed by atoms with van der Waals surface area (Å²) in [5.41, 5.74) is 1.97. The average molecular weight is 248 g/mol. The molecule has 98 valence electrons. The largest absolute Gasteiger partial charge is 0.380 e. The third-order valence-electron chi connectivity index (χ3n) is 3.15. The molecule has 4 heteroatoms. The molecule has 0 aliphatic rings. The maximum atomic E-state index is 12.1. The number of aromatic nitrogens is 2. The zero-order valence-electron chi connectivity index (χ0n) is 11.1. The van der Waals surface area contributed by atoms with E-state index in [1.54, 1.807) is 16.2 Å². The van der Waals surface area contributed by atoms with Crippen LogP contribution in [0.2, 0.25) is 0 Å². The summed E-state index contributed by atoms with van der Waals surface area (Å²) in [7, 11) is 1.80. The zero-order chi connectivity index (χ0) is 13.0. The molecule has 1 heterocycles. The number of ether oxygens (including phenoxy) is 1. The quantitative estimate of drug-likeness (QED) is 0.734. The second kappa shape index (κ2) is 5.87. The van der Waals surface area contributed by atoms with Gasteiger partial charge in [-0.15, -0.1) is 0 Å². The summed E-state index contributed by atoms with van der Waals surface area (Å²) >= 11 is 0. The van der Waals surface area contributed by atoms with E-state index in [1.165, 1.54) is 0 Å². The molecular weight excluding hydrogens is 228 g/mol. The number of unbranched alkanes of at least 4 members (excludes halogenated alkanes) is 1. The fraction of sp³-hybridized carbons (Fsp3) is 0.500. The predicted molar refractivity (Wildman–Crippen MR) is 72.9 cm³/mol. The molecule has 4 nitrogen and oxygen atoms in total. The van der Waals surface area contributed by atoms with E-state index in [0.717, 1.165) is 30.5 Å². The average Bonchev–Trinajstić information content (AvgIpc) is 2.64. The number of para-hydroxylation sites is 2. The molecule has 0 radical (unpaired) electrons. The Hall–Kier alpha value is -1.55. The first kappa shape index (κ1) is 12.9. The molecule has 2 aromatic rings. The Morgan fingerprint density at radius 2 is 1.89 bits per heavy atom. The zero-order valence-corrected chi connectivity index (χ0v) is 11.1. The lowest BCUT2D eigenvalue weighted by Crippen LogP contribution is -2.24. The van der Waals surface area contributed by atoms with Gasteiger partial charge >= 0.3 is 5.69 Å². The molecule has 0 saturated heterocycles. The highest BCUT2D eigenvalue weighted by atomic mass is 16.5. The summed E-state index contributed by atoms with van der Waals surface area (Å²) in [4.78, 5) is 12.1.